The molecule has 0 radical (unpaired) electrons. The summed E-state index contributed by atoms with van der Waals surface area (Å²) >= 11 is 0. The van der Waals surface area contributed by atoms with Crippen LogP contribution in [0.4, 0.5) is 0 Å². The summed E-state index contributed by atoms with van der Waals surface area (Å²) in [7, 11) is 0. The molecule has 1 aliphatic rings. The maximum atomic E-state index is 10.8. The smallest absolute Gasteiger partial charge is 0.226 e. The molecule has 0 atom stereocenters. The molecule has 0 N–H and O–H groups in total. The Labute approximate surface area is 55.2 Å². The van der Waals surface area contributed by atoms with E-state index in [1.807, 2.05) is 19.2 Å². The van der Waals surface area contributed by atoms with Gasteiger partial charge >= 0.3 is 0 Å². The fourth-order valence-electron chi connectivity index (χ4n) is 1.01. The molecule has 1 heterocycles. The van der Waals surface area contributed by atoms with Crippen molar-refractivity contribution in [3.63, 3.8) is 0 Å². The largest absolute Gasteiger partial charge is 0.319 e. The van der Waals surface area contributed by atoms with E-state index in [1.54, 1.807) is 4.90 Å². The van der Waals surface area contributed by atoms with Gasteiger partial charge in [0.15, 0.2) is 0 Å². The Morgan fingerprint density at radius 2 is 2.44 bits per heavy atom. The zero-order valence-corrected chi connectivity index (χ0v) is 5.63. The fraction of sp³-hybridized carbons (Fsp3) is 0.571. The van der Waals surface area contributed by atoms with Gasteiger partial charge in [-0.2, -0.15) is 0 Å². The predicted molar refractivity (Wildman–Crippen MR) is 35.8 cm³/mol. The summed E-state index contributed by atoms with van der Waals surface area (Å²) in [4.78, 5) is 12.6. The van der Waals surface area contributed by atoms with Crippen LogP contribution in [0.2, 0.25) is 0 Å². The van der Waals surface area contributed by atoms with Crippen molar-refractivity contribution in [2.24, 2.45) is 0 Å². The molecule has 0 saturated carbocycles. The first-order valence-electron chi connectivity index (χ1n) is 3.27. The van der Waals surface area contributed by atoms with Crippen LogP contribution in [0.1, 0.15) is 19.8 Å². The molecule has 0 bridgehead atoms. The number of nitrogens with zero attached hydrogens (tertiary/aromatic N) is 1. The molecule has 1 fully saturated rings. The van der Waals surface area contributed by atoms with Crippen LogP contribution in [0.3, 0.4) is 0 Å². The number of carbonyl (C=O) groups is 1. The van der Waals surface area contributed by atoms with Crippen LogP contribution < -0.4 is 0 Å². The number of likely N-dealkylation sites (tertiary alicyclic amines) is 1. The molecular formula is C7H11NO. The lowest BCUT2D eigenvalue weighted by molar-refractivity contribution is -0.125. The zero-order chi connectivity index (χ0) is 6.69. The van der Waals surface area contributed by atoms with E-state index in [-0.39, 0.29) is 5.91 Å². The van der Waals surface area contributed by atoms with E-state index < -0.39 is 0 Å². The first-order valence-corrected chi connectivity index (χ1v) is 3.27. The Balaban J connectivity index is 2.49. The van der Waals surface area contributed by atoms with Crippen LogP contribution in [-0.2, 0) is 4.79 Å². The molecule has 1 saturated heterocycles. The van der Waals surface area contributed by atoms with Crippen molar-refractivity contribution >= 4 is 5.91 Å². The molecule has 50 valence electrons. The van der Waals surface area contributed by atoms with Crippen molar-refractivity contribution < 1.29 is 4.79 Å². The number of allylic oxidation sites excluding steroid dienone is 1. The maximum absolute atomic E-state index is 10.8. The van der Waals surface area contributed by atoms with Gasteiger partial charge in [-0.1, -0.05) is 6.08 Å². The molecule has 0 aliphatic carbocycles. The van der Waals surface area contributed by atoms with Crippen molar-refractivity contribution in [1.29, 1.82) is 0 Å². The van der Waals surface area contributed by atoms with Gasteiger partial charge in [0.2, 0.25) is 5.91 Å². The van der Waals surface area contributed by atoms with Gasteiger partial charge < -0.3 is 4.90 Å². The van der Waals surface area contributed by atoms with Crippen molar-refractivity contribution in [2.45, 2.75) is 19.8 Å². The van der Waals surface area contributed by atoms with E-state index in [9.17, 15) is 4.79 Å². The van der Waals surface area contributed by atoms with Gasteiger partial charge in [-0.05, 0) is 13.3 Å². The second kappa shape index (κ2) is 2.67. The van der Waals surface area contributed by atoms with Crippen molar-refractivity contribution in [3.8, 4) is 0 Å². The number of carbonyl (C=O) groups excluding carboxylic acids is 1. The maximum Gasteiger partial charge on any atom is 0.226 e. The minimum absolute atomic E-state index is 0.258. The van der Waals surface area contributed by atoms with Gasteiger partial charge in [-0.15, -0.1) is 0 Å². The van der Waals surface area contributed by atoms with Crippen molar-refractivity contribution in [2.75, 3.05) is 6.54 Å². The SMILES string of the molecule is CC=CN1CCCC1=O. The van der Waals surface area contributed by atoms with E-state index in [2.05, 4.69) is 0 Å². The van der Waals surface area contributed by atoms with Crippen LogP contribution in [0.15, 0.2) is 12.3 Å². The molecule has 0 aromatic heterocycles. The Morgan fingerprint density at radius 1 is 1.67 bits per heavy atom. The predicted octanol–water partition coefficient (Wildman–Crippen LogP) is 1.14. The highest BCUT2D eigenvalue weighted by molar-refractivity contribution is 5.79. The van der Waals surface area contributed by atoms with Crippen LogP contribution >= 0.6 is 0 Å². The average Bonchev–Trinajstić information content (AvgIpc) is 2.18. The number of hydrogen-bond donors (Lipinski definition) is 0. The topological polar surface area (TPSA) is 20.3 Å². The van der Waals surface area contributed by atoms with E-state index >= 15 is 0 Å². The highest BCUT2D eigenvalue weighted by atomic mass is 16.2. The van der Waals surface area contributed by atoms with Crippen LogP contribution in [0, 0.1) is 0 Å². The monoisotopic (exact) mass is 125 g/mol. The minimum atomic E-state index is 0.258. The second-order valence-corrected chi connectivity index (χ2v) is 2.17. The third-order valence-electron chi connectivity index (χ3n) is 1.44. The van der Waals surface area contributed by atoms with E-state index in [1.165, 1.54) is 0 Å². The van der Waals surface area contributed by atoms with Gasteiger partial charge in [0, 0.05) is 19.2 Å². The summed E-state index contributed by atoms with van der Waals surface area (Å²) in [6.07, 6.45) is 5.48. The van der Waals surface area contributed by atoms with Gasteiger partial charge in [0.1, 0.15) is 0 Å². The molecule has 1 amide bonds. The summed E-state index contributed by atoms with van der Waals surface area (Å²) in [5.41, 5.74) is 0. The number of hydrogen-bond acceptors (Lipinski definition) is 1. The summed E-state index contributed by atoms with van der Waals surface area (Å²) < 4.78 is 0. The summed E-state index contributed by atoms with van der Waals surface area (Å²) in [6, 6.07) is 0. The normalized spacial score (nSPS) is 20.1. The molecule has 9 heavy (non-hydrogen) atoms. The molecular weight excluding hydrogens is 114 g/mol. The van der Waals surface area contributed by atoms with Gasteiger partial charge in [-0.3, -0.25) is 4.79 Å². The highest BCUT2D eigenvalue weighted by Crippen LogP contribution is 2.08. The van der Waals surface area contributed by atoms with Gasteiger partial charge in [-0.25, -0.2) is 0 Å². The fourth-order valence-corrected chi connectivity index (χ4v) is 1.01. The first-order chi connectivity index (χ1) is 4.34. The summed E-state index contributed by atoms with van der Waals surface area (Å²) in [6.45, 7) is 2.83. The molecule has 1 aliphatic heterocycles. The molecule has 2 nitrogen and oxygen atoms in total. The molecule has 1 rings (SSSR count). The van der Waals surface area contributed by atoms with E-state index in [0.717, 1.165) is 19.4 Å². The van der Waals surface area contributed by atoms with Crippen LogP contribution in [-0.4, -0.2) is 17.4 Å². The van der Waals surface area contributed by atoms with E-state index in [0.29, 0.717) is 0 Å². The Bertz CT molecular complexity index is 140. The number of amides is 1. The third kappa shape index (κ3) is 1.31. The lowest BCUT2D eigenvalue weighted by atomic mass is 10.4. The lowest BCUT2D eigenvalue weighted by Crippen LogP contribution is -2.16. The minimum Gasteiger partial charge on any atom is -0.319 e. The second-order valence-electron chi connectivity index (χ2n) is 2.17. The molecule has 0 aromatic rings. The zero-order valence-electron chi connectivity index (χ0n) is 5.63. The average molecular weight is 125 g/mol. The standard InChI is InChI=1S/C7H11NO/c1-2-5-8-6-3-4-7(8)9/h2,5H,3-4,6H2,1H3. The summed E-state index contributed by atoms with van der Waals surface area (Å²) in [5.74, 6) is 0.258. The molecule has 2 heteroatoms. The van der Waals surface area contributed by atoms with Crippen molar-refractivity contribution in [1.82, 2.24) is 4.90 Å². The molecule has 0 aromatic carbocycles. The highest BCUT2D eigenvalue weighted by Gasteiger charge is 2.16. The lowest BCUT2D eigenvalue weighted by Gasteiger charge is -2.06. The van der Waals surface area contributed by atoms with Gasteiger partial charge in [0.25, 0.3) is 0 Å². The van der Waals surface area contributed by atoms with Crippen LogP contribution in [0.5, 0.6) is 0 Å². The van der Waals surface area contributed by atoms with Crippen molar-refractivity contribution in [3.05, 3.63) is 12.3 Å². The first kappa shape index (κ1) is 6.33. The number of rotatable bonds is 1. The molecule has 0 unspecified atom stereocenters. The Hall–Kier alpha value is -0.790. The quantitative estimate of drug-likeness (QED) is 0.514. The Kier molecular flexibility index (Phi) is 1.88. The van der Waals surface area contributed by atoms with Gasteiger partial charge in [0.05, 0.1) is 0 Å². The summed E-state index contributed by atoms with van der Waals surface area (Å²) in [5, 5.41) is 0. The third-order valence-corrected chi connectivity index (χ3v) is 1.44. The Morgan fingerprint density at radius 3 is 2.89 bits per heavy atom. The van der Waals surface area contributed by atoms with E-state index in [4.69, 9.17) is 0 Å². The van der Waals surface area contributed by atoms with Crippen LogP contribution in [0.25, 0.3) is 0 Å². The molecule has 0 spiro atoms.